The van der Waals surface area contributed by atoms with Crippen LogP contribution in [0.25, 0.3) is 0 Å². The summed E-state index contributed by atoms with van der Waals surface area (Å²) < 4.78 is 0. The van der Waals surface area contributed by atoms with E-state index in [9.17, 15) is 0 Å². The third-order valence-electron chi connectivity index (χ3n) is 2.73. The fourth-order valence-corrected chi connectivity index (χ4v) is 1.88. The Labute approximate surface area is 123 Å². The van der Waals surface area contributed by atoms with Gasteiger partial charge in [-0.05, 0) is 42.1 Å². The third kappa shape index (κ3) is 4.06. The SMILES string of the molecule is CCCNc1nc(Cl)nc(Nc2cccc(CC)c2)n1. The second kappa shape index (κ2) is 7.05. The lowest BCUT2D eigenvalue weighted by Crippen LogP contribution is -2.07. The number of halogens is 1. The fraction of sp³-hybridized carbons (Fsp3) is 0.357. The second-order valence-corrected chi connectivity index (χ2v) is 4.70. The highest BCUT2D eigenvalue weighted by atomic mass is 35.5. The van der Waals surface area contributed by atoms with Crippen LogP contribution in [0.5, 0.6) is 0 Å². The smallest absolute Gasteiger partial charge is 0.233 e. The summed E-state index contributed by atoms with van der Waals surface area (Å²) in [5.41, 5.74) is 2.19. The molecule has 1 heterocycles. The van der Waals surface area contributed by atoms with Crippen molar-refractivity contribution < 1.29 is 0 Å². The first kappa shape index (κ1) is 14.5. The van der Waals surface area contributed by atoms with Gasteiger partial charge in [0.1, 0.15) is 0 Å². The Balaban J connectivity index is 2.17. The molecule has 0 amide bonds. The summed E-state index contributed by atoms with van der Waals surface area (Å²) in [7, 11) is 0. The van der Waals surface area contributed by atoms with Crippen molar-refractivity contribution in [3.05, 3.63) is 35.1 Å². The van der Waals surface area contributed by atoms with Crippen LogP contribution in [0.4, 0.5) is 17.6 Å². The van der Waals surface area contributed by atoms with Crippen molar-refractivity contribution in [2.24, 2.45) is 0 Å². The van der Waals surface area contributed by atoms with Crippen LogP contribution in [-0.2, 0) is 6.42 Å². The van der Waals surface area contributed by atoms with E-state index in [1.807, 2.05) is 12.1 Å². The van der Waals surface area contributed by atoms with Crippen molar-refractivity contribution in [3.8, 4) is 0 Å². The fourth-order valence-electron chi connectivity index (χ4n) is 1.72. The van der Waals surface area contributed by atoms with E-state index in [-0.39, 0.29) is 5.28 Å². The summed E-state index contributed by atoms with van der Waals surface area (Å²) in [4.78, 5) is 12.4. The average molecular weight is 292 g/mol. The predicted octanol–water partition coefficient (Wildman–Crippen LogP) is 3.65. The number of nitrogens with zero attached hydrogens (tertiary/aromatic N) is 3. The Morgan fingerprint density at radius 1 is 1.10 bits per heavy atom. The van der Waals surface area contributed by atoms with E-state index < -0.39 is 0 Å². The molecule has 2 aromatic rings. The van der Waals surface area contributed by atoms with E-state index in [0.29, 0.717) is 11.9 Å². The molecule has 0 bridgehead atoms. The summed E-state index contributed by atoms with van der Waals surface area (Å²) in [6, 6.07) is 8.12. The first-order chi connectivity index (χ1) is 9.71. The Morgan fingerprint density at radius 3 is 2.65 bits per heavy atom. The molecule has 0 atom stereocenters. The van der Waals surface area contributed by atoms with E-state index in [1.54, 1.807) is 0 Å². The molecule has 0 aliphatic rings. The van der Waals surface area contributed by atoms with E-state index >= 15 is 0 Å². The van der Waals surface area contributed by atoms with Crippen molar-refractivity contribution in [3.63, 3.8) is 0 Å². The molecular formula is C14H18ClN5. The van der Waals surface area contributed by atoms with Crippen LogP contribution < -0.4 is 10.6 Å². The molecule has 6 heteroatoms. The Kier molecular flexibility index (Phi) is 5.12. The molecule has 0 spiro atoms. The largest absolute Gasteiger partial charge is 0.354 e. The monoisotopic (exact) mass is 291 g/mol. The molecule has 20 heavy (non-hydrogen) atoms. The molecule has 2 rings (SSSR count). The lowest BCUT2D eigenvalue weighted by atomic mass is 10.1. The summed E-state index contributed by atoms with van der Waals surface area (Å²) in [5, 5.41) is 6.42. The van der Waals surface area contributed by atoms with Crippen molar-refractivity contribution in [2.75, 3.05) is 17.2 Å². The van der Waals surface area contributed by atoms with Crippen LogP contribution in [0.2, 0.25) is 5.28 Å². The number of aryl methyl sites for hydroxylation is 1. The highest BCUT2D eigenvalue weighted by Gasteiger charge is 2.05. The van der Waals surface area contributed by atoms with E-state index in [1.165, 1.54) is 5.56 Å². The highest BCUT2D eigenvalue weighted by molar-refractivity contribution is 6.28. The van der Waals surface area contributed by atoms with Crippen LogP contribution in [0, 0.1) is 0 Å². The number of aromatic nitrogens is 3. The molecule has 0 fully saturated rings. The van der Waals surface area contributed by atoms with Gasteiger partial charge < -0.3 is 10.6 Å². The van der Waals surface area contributed by atoms with Gasteiger partial charge in [-0.2, -0.15) is 15.0 Å². The Hall–Kier alpha value is -1.88. The van der Waals surface area contributed by atoms with Gasteiger partial charge in [0.25, 0.3) is 0 Å². The number of rotatable bonds is 6. The number of hydrogen-bond donors (Lipinski definition) is 2. The number of nitrogens with one attached hydrogen (secondary N) is 2. The number of benzene rings is 1. The Bertz CT molecular complexity index is 573. The normalized spacial score (nSPS) is 10.3. The van der Waals surface area contributed by atoms with Gasteiger partial charge >= 0.3 is 0 Å². The first-order valence-electron chi connectivity index (χ1n) is 6.72. The zero-order valence-corrected chi connectivity index (χ0v) is 12.4. The molecule has 0 unspecified atom stereocenters. The van der Waals surface area contributed by atoms with Crippen LogP contribution in [0.1, 0.15) is 25.8 Å². The van der Waals surface area contributed by atoms with E-state index in [0.717, 1.165) is 25.1 Å². The van der Waals surface area contributed by atoms with Crippen LogP contribution in [0.3, 0.4) is 0 Å². The summed E-state index contributed by atoms with van der Waals surface area (Å²) >= 11 is 5.91. The van der Waals surface area contributed by atoms with Crippen molar-refractivity contribution in [1.82, 2.24) is 15.0 Å². The van der Waals surface area contributed by atoms with Gasteiger partial charge in [0, 0.05) is 12.2 Å². The maximum atomic E-state index is 5.91. The molecule has 2 N–H and O–H groups in total. The van der Waals surface area contributed by atoms with Gasteiger partial charge in [0.2, 0.25) is 17.2 Å². The number of anilines is 3. The first-order valence-corrected chi connectivity index (χ1v) is 7.10. The molecule has 5 nitrogen and oxygen atoms in total. The molecule has 0 aliphatic carbocycles. The predicted molar refractivity (Wildman–Crippen MR) is 82.7 cm³/mol. The molecule has 1 aromatic heterocycles. The van der Waals surface area contributed by atoms with Gasteiger partial charge in [-0.15, -0.1) is 0 Å². The lowest BCUT2D eigenvalue weighted by molar-refractivity contribution is 0.940. The lowest BCUT2D eigenvalue weighted by Gasteiger charge is -2.08. The molecule has 1 aromatic carbocycles. The van der Waals surface area contributed by atoms with Crippen molar-refractivity contribution >= 4 is 29.2 Å². The third-order valence-corrected chi connectivity index (χ3v) is 2.90. The molecular weight excluding hydrogens is 274 g/mol. The summed E-state index contributed by atoms with van der Waals surface area (Å²) in [6.45, 7) is 4.99. The topological polar surface area (TPSA) is 62.7 Å². The minimum absolute atomic E-state index is 0.174. The maximum absolute atomic E-state index is 5.91. The molecule has 0 saturated heterocycles. The van der Waals surface area contributed by atoms with Gasteiger partial charge in [-0.25, -0.2) is 0 Å². The standard InChI is InChI=1S/C14H18ClN5/c1-3-8-16-13-18-12(15)19-14(20-13)17-11-7-5-6-10(4-2)9-11/h5-7,9H,3-4,8H2,1-2H3,(H2,16,17,18,19,20). The highest BCUT2D eigenvalue weighted by Crippen LogP contribution is 2.17. The second-order valence-electron chi connectivity index (χ2n) is 4.36. The molecule has 0 radical (unpaired) electrons. The zero-order valence-electron chi connectivity index (χ0n) is 11.7. The van der Waals surface area contributed by atoms with Crippen LogP contribution in [0.15, 0.2) is 24.3 Å². The van der Waals surface area contributed by atoms with Crippen LogP contribution in [-0.4, -0.2) is 21.5 Å². The quantitative estimate of drug-likeness (QED) is 0.850. The van der Waals surface area contributed by atoms with Gasteiger partial charge in [-0.1, -0.05) is 26.0 Å². The average Bonchev–Trinajstić information content (AvgIpc) is 2.44. The molecule has 0 saturated carbocycles. The van der Waals surface area contributed by atoms with Gasteiger partial charge in [0.05, 0.1) is 0 Å². The van der Waals surface area contributed by atoms with Crippen molar-refractivity contribution in [2.45, 2.75) is 26.7 Å². The van der Waals surface area contributed by atoms with E-state index in [4.69, 9.17) is 11.6 Å². The molecule has 106 valence electrons. The Morgan fingerprint density at radius 2 is 1.90 bits per heavy atom. The van der Waals surface area contributed by atoms with Crippen molar-refractivity contribution in [1.29, 1.82) is 0 Å². The zero-order chi connectivity index (χ0) is 14.4. The van der Waals surface area contributed by atoms with E-state index in [2.05, 4.69) is 51.6 Å². The summed E-state index contributed by atoms with van der Waals surface area (Å²) in [6.07, 6.45) is 1.97. The number of hydrogen-bond acceptors (Lipinski definition) is 5. The van der Waals surface area contributed by atoms with Gasteiger partial charge in [0.15, 0.2) is 0 Å². The minimum atomic E-state index is 0.174. The van der Waals surface area contributed by atoms with Crippen LogP contribution >= 0.6 is 11.6 Å². The molecule has 0 aliphatic heterocycles. The summed E-state index contributed by atoms with van der Waals surface area (Å²) in [5.74, 6) is 0.929. The minimum Gasteiger partial charge on any atom is -0.354 e. The van der Waals surface area contributed by atoms with Gasteiger partial charge in [-0.3, -0.25) is 0 Å². The maximum Gasteiger partial charge on any atom is 0.233 e.